The maximum Gasteiger partial charge on any atom is 0.325 e. The fourth-order valence-electron chi connectivity index (χ4n) is 1.12. The second-order valence-electron chi connectivity index (χ2n) is 3.20. The summed E-state index contributed by atoms with van der Waals surface area (Å²) in [6.07, 6.45) is 6.30. The maximum atomic E-state index is 10.5. The zero-order valence-electron chi connectivity index (χ0n) is 7.78. The average Bonchev–Trinajstić information content (AvgIpc) is 2.01. The van der Waals surface area contributed by atoms with Crippen molar-refractivity contribution in [2.45, 2.75) is 38.5 Å². The van der Waals surface area contributed by atoms with E-state index < -0.39 is 7.60 Å². The van der Waals surface area contributed by atoms with E-state index in [1.165, 1.54) is 19.3 Å². The van der Waals surface area contributed by atoms with Crippen LogP contribution in [0.4, 0.5) is 0 Å². The SMILES string of the molecule is O=P(O)(O)CCCCCCCCBr. The molecule has 0 aromatic rings. The number of unbranched alkanes of at least 4 members (excludes halogenated alkanes) is 5. The predicted octanol–water partition coefficient (Wildman–Crippen LogP) is 2.90. The molecule has 0 atom stereocenters. The Morgan fingerprint density at radius 1 is 0.923 bits per heavy atom. The summed E-state index contributed by atoms with van der Waals surface area (Å²) in [6, 6.07) is 0. The maximum absolute atomic E-state index is 10.5. The van der Waals surface area contributed by atoms with Crippen molar-refractivity contribution in [1.82, 2.24) is 0 Å². The molecule has 0 aliphatic carbocycles. The van der Waals surface area contributed by atoms with Gasteiger partial charge in [-0.25, -0.2) is 0 Å². The van der Waals surface area contributed by atoms with Crippen LogP contribution in [0, 0.1) is 0 Å². The van der Waals surface area contributed by atoms with Crippen molar-refractivity contribution in [3.8, 4) is 0 Å². The standard InChI is InChI=1S/C8H18BrO3P/c9-7-5-3-1-2-4-6-8-13(10,11)12/h1-8H2,(H2,10,11,12). The van der Waals surface area contributed by atoms with E-state index in [9.17, 15) is 4.57 Å². The molecule has 0 saturated heterocycles. The van der Waals surface area contributed by atoms with Crippen molar-refractivity contribution in [3.63, 3.8) is 0 Å². The van der Waals surface area contributed by atoms with Gasteiger partial charge in [-0.2, -0.15) is 0 Å². The first-order valence-corrected chi connectivity index (χ1v) is 7.59. The van der Waals surface area contributed by atoms with Crippen LogP contribution in [-0.4, -0.2) is 21.3 Å². The molecule has 0 aromatic heterocycles. The Morgan fingerprint density at radius 2 is 1.38 bits per heavy atom. The Labute approximate surface area is 88.2 Å². The first-order valence-electron chi connectivity index (χ1n) is 4.67. The predicted molar refractivity (Wildman–Crippen MR) is 58.4 cm³/mol. The summed E-state index contributed by atoms with van der Waals surface area (Å²) in [7, 11) is -3.73. The zero-order chi connectivity index (χ0) is 10.2. The zero-order valence-corrected chi connectivity index (χ0v) is 10.3. The van der Waals surface area contributed by atoms with E-state index in [-0.39, 0.29) is 6.16 Å². The number of rotatable bonds is 8. The Morgan fingerprint density at radius 3 is 1.85 bits per heavy atom. The molecule has 0 spiro atoms. The van der Waals surface area contributed by atoms with Gasteiger partial charge >= 0.3 is 7.60 Å². The van der Waals surface area contributed by atoms with Gasteiger partial charge in [-0.3, -0.25) is 4.57 Å². The molecular formula is C8H18BrO3P. The van der Waals surface area contributed by atoms with Crippen molar-refractivity contribution in [3.05, 3.63) is 0 Å². The van der Waals surface area contributed by atoms with Gasteiger partial charge in [-0.05, 0) is 12.8 Å². The van der Waals surface area contributed by atoms with Crippen molar-refractivity contribution in [2.75, 3.05) is 11.5 Å². The molecule has 0 rings (SSSR count). The number of halogens is 1. The van der Waals surface area contributed by atoms with Crippen LogP contribution in [0.2, 0.25) is 0 Å². The highest BCUT2D eigenvalue weighted by Gasteiger charge is 2.10. The molecule has 0 heterocycles. The van der Waals surface area contributed by atoms with Crippen LogP contribution in [-0.2, 0) is 4.57 Å². The summed E-state index contributed by atoms with van der Waals surface area (Å²) in [5.74, 6) is 0. The molecule has 0 saturated carbocycles. The summed E-state index contributed by atoms with van der Waals surface area (Å²) < 4.78 is 10.5. The van der Waals surface area contributed by atoms with E-state index >= 15 is 0 Å². The fraction of sp³-hybridized carbons (Fsp3) is 1.00. The second-order valence-corrected chi connectivity index (χ2v) is 5.77. The van der Waals surface area contributed by atoms with Gasteiger partial charge < -0.3 is 9.79 Å². The molecule has 0 unspecified atom stereocenters. The smallest absolute Gasteiger partial charge is 0.324 e. The first-order chi connectivity index (χ1) is 6.06. The number of alkyl halides is 1. The molecular weight excluding hydrogens is 255 g/mol. The lowest BCUT2D eigenvalue weighted by atomic mass is 10.1. The van der Waals surface area contributed by atoms with E-state index in [4.69, 9.17) is 9.79 Å². The number of hydrogen-bond donors (Lipinski definition) is 2. The molecule has 2 N–H and O–H groups in total. The summed E-state index contributed by atoms with van der Waals surface area (Å²) >= 11 is 3.36. The molecule has 13 heavy (non-hydrogen) atoms. The minimum Gasteiger partial charge on any atom is -0.324 e. The average molecular weight is 273 g/mol. The van der Waals surface area contributed by atoms with Crippen molar-refractivity contribution >= 4 is 23.5 Å². The fourth-order valence-corrected chi connectivity index (χ4v) is 2.15. The lowest BCUT2D eigenvalue weighted by Crippen LogP contribution is -1.88. The highest BCUT2D eigenvalue weighted by Crippen LogP contribution is 2.35. The normalized spacial score (nSPS) is 11.9. The molecule has 0 radical (unpaired) electrons. The largest absolute Gasteiger partial charge is 0.325 e. The van der Waals surface area contributed by atoms with Crippen LogP contribution in [0.3, 0.4) is 0 Å². The molecule has 3 nitrogen and oxygen atoms in total. The lowest BCUT2D eigenvalue weighted by Gasteiger charge is -2.02. The third-order valence-electron chi connectivity index (χ3n) is 1.83. The molecule has 0 aromatic carbocycles. The van der Waals surface area contributed by atoms with E-state index in [1.807, 2.05) is 0 Å². The van der Waals surface area contributed by atoms with Gasteiger partial charge in [0.1, 0.15) is 0 Å². The monoisotopic (exact) mass is 272 g/mol. The summed E-state index contributed by atoms with van der Waals surface area (Å²) in [4.78, 5) is 17.1. The van der Waals surface area contributed by atoms with Crippen LogP contribution in [0.1, 0.15) is 38.5 Å². The summed E-state index contributed by atoms with van der Waals surface area (Å²) in [5, 5.41) is 1.05. The molecule has 0 aliphatic rings. The van der Waals surface area contributed by atoms with Gasteiger partial charge in [0.05, 0.1) is 0 Å². The molecule has 0 amide bonds. The quantitative estimate of drug-likeness (QED) is 0.406. The lowest BCUT2D eigenvalue weighted by molar-refractivity contribution is 0.370. The highest BCUT2D eigenvalue weighted by atomic mass is 79.9. The van der Waals surface area contributed by atoms with E-state index in [2.05, 4.69) is 15.9 Å². The molecule has 5 heteroatoms. The Bertz CT molecular complexity index is 157. The van der Waals surface area contributed by atoms with Crippen LogP contribution in [0.25, 0.3) is 0 Å². The van der Waals surface area contributed by atoms with E-state index in [1.54, 1.807) is 0 Å². The van der Waals surface area contributed by atoms with Crippen LogP contribution < -0.4 is 0 Å². The van der Waals surface area contributed by atoms with Crippen LogP contribution in [0.15, 0.2) is 0 Å². The highest BCUT2D eigenvalue weighted by molar-refractivity contribution is 9.09. The van der Waals surface area contributed by atoms with Gasteiger partial charge in [0.2, 0.25) is 0 Å². The van der Waals surface area contributed by atoms with Crippen LogP contribution in [0.5, 0.6) is 0 Å². The Kier molecular flexibility index (Phi) is 8.37. The molecule has 0 aliphatic heterocycles. The summed E-state index contributed by atoms with van der Waals surface area (Å²) in [5.41, 5.74) is 0. The summed E-state index contributed by atoms with van der Waals surface area (Å²) in [6.45, 7) is 0. The first kappa shape index (κ1) is 13.6. The van der Waals surface area contributed by atoms with Gasteiger partial charge in [0.15, 0.2) is 0 Å². The van der Waals surface area contributed by atoms with Crippen molar-refractivity contribution < 1.29 is 14.4 Å². The van der Waals surface area contributed by atoms with E-state index in [0.29, 0.717) is 6.42 Å². The Hall–Kier alpha value is 0.630. The van der Waals surface area contributed by atoms with Gasteiger partial charge in [-0.1, -0.05) is 41.6 Å². The third-order valence-corrected chi connectivity index (χ3v) is 3.29. The van der Waals surface area contributed by atoms with Gasteiger partial charge in [0.25, 0.3) is 0 Å². The third kappa shape index (κ3) is 12.6. The van der Waals surface area contributed by atoms with Crippen molar-refractivity contribution in [2.24, 2.45) is 0 Å². The topological polar surface area (TPSA) is 57.5 Å². The van der Waals surface area contributed by atoms with Gasteiger partial charge in [-0.15, -0.1) is 0 Å². The minimum atomic E-state index is -3.73. The number of hydrogen-bond acceptors (Lipinski definition) is 1. The molecule has 80 valence electrons. The van der Waals surface area contributed by atoms with E-state index in [0.717, 1.165) is 18.2 Å². The molecule has 0 bridgehead atoms. The van der Waals surface area contributed by atoms with Gasteiger partial charge in [0, 0.05) is 11.5 Å². The second kappa shape index (κ2) is 7.98. The van der Waals surface area contributed by atoms with Crippen molar-refractivity contribution in [1.29, 1.82) is 0 Å². The Balaban J connectivity index is 3.04. The molecule has 0 fully saturated rings. The van der Waals surface area contributed by atoms with Crippen LogP contribution >= 0.6 is 23.5 Å². The minimum absolute atomic E-state index is 0.0471.